The molecule has 1 fully saturated rings. The van der Waals surface area contributed by atoms with E-state index in [2.05, 4.69) is 33.0 Å². The highest BCUT2D eigenvalue weighted by molar-refractivity contribution is 5.82. The van der Waals surface area contributed by atoms with Gasteiger partial charge in [0.2, 0.25) is 5.91 Å². The highest BCUT2D eigenvalue weighted by Gasteiger charge is 2.33. The molecule has 1 aliphatic heterocycles. The molecule has 0 aromatic heterocycles. The molecule has 0 aromatic carbocycles. The number of aliphatic hydroxyl groups is 1. The molecule has 0 spiro atoms. The monoisotopic (exact) mass is 256 g/mol. The summed E-state index contributed by atoms with van der Waals surface area (Å²) in [6, 6.07) is 0.124. The Hall–Kier alpha value is -0.610. The molecule has 0 saturated carbocycles. The molecular formula is C14H28N2O2. The summed E-state index contributed by atoms with van der Waals surface area (Å²) < 4.78 is 0. The van der Waals surface area contributed by atoms with Gasteiger partial charge in [0, 0.05) is 19.1 Å². The number of nitrogens with zero attached hydrogens (tertiary/aromatic N) is 1. The lowest BCUT2D eigenvalue weighted by Gasteiger charge is -2.34. The number of nitrogens with one attached hydrogen (secondary N) is 1. The van der Waals surface area contributed by atoms with Gasteiger partial charge in [-0.3, -0.25) is 4.79 Å². The van der Waals surface area contributed by atoms with Crippen molar-refractivity contribution in [2.45, 2.75) is 65.1 Å². The molecule has 106 valence electrons. The summed E-state index contributed by atoms with van der Waals surface area (Å²) in [7, 11) is 0. The van der Waals surface area contributed by atoms with Gasteiger partial charge < -0.3 is 15.3 Å². The predicted octanol–water partition coefficient (Wildman–Crippen LogP) is 1.38. The van der Waals surface area contributed by atoms with Crippen LogP contribution in [0.1, 0.15) is 47.0 Å². The van der Waals surface area contributed by atoms with Crippen LogP contribution in [0.4, 0.5) is 0 Å². The van der Waals surface area contributed by atoms with Crippen LogP contribution >= 0.6 is 0 Å². The molecule has 0 aromatic rings. The van der Waals surface area contributed by atoms with Crippen molar-refractivity contribution in [1.29, 1.82) is 0 Å². The number of hydrogen-bond acceptors (Lipinski definition) is 3. The maximum atomic E-state index is 12.5. The van der Waals surface area contributed by atoms with E-state index in [1.54, 1.807) is 0 Å². The van der Waals surface area contributed by atoms with Gasteiger partial charge >= 0.3 is 0 Å². The first-order valence-corrected chi connectivity index (χ1v) is 7.21. The molecule has 4 heteroatoms. The number of aliphatic hydroxyl groups excluding tert-OH is 1. The molecule has 1 heterocycles. The Morgan fingerprint density at radius 2 is 2.00 bits per heavy atom. The summed E-state index contributed by atoms with van der Waals surface area (Å²) in [5.41, 5.74) is 0. The number of rotatable bonds is 6. The molecule has 2 atom stereocenters. The van der Waals surface area contributed by atoms with Gasteiger partial charge in [0.05, 0.1) is 12.1 Å². The van der Waals surface area contributed by atoms with E-state index < -0.39 is 0 Å². The number of carbonyl (C=O) groups excluding carboxylic acids is 1. The van der Waals surface area contributed by atoms with E-state index in [-0.39, 0.29) is 18.1 Å². The van der Waals surface area contributed by atoms with Crippen molar-refractivity contribution in [3.63, 3.8) is 0 Å². The molecule has 1 amide bonds. The van der Waals surface area contributed by atoms with Crippen LogP contribution in [0.2, 0.25) is 0 Å². The van der Waals surface area contributed by atoms with E-state index in [0.717, 1.165) is 19.4 Å². The van der Waals surface area contributed by atoms with Gasteiger partial charge in [-0.1, -0.05) is 27.7 Å². The summed E-state index contributed by atoms with van der Waals surface area (Å²) >= 11 is 0. The lowest BCUT2D eigenvalue weighted by Crippen LogP contribution is -2.49. The van der Waals surface area contributed by atoms with Crippen molar-refractivity contribution < 1.29 is 9.90 Å². The third kappa shape index (κ3) is 3.95. The van der Waals surface area contributed by atoms with Gasteiger partial charge in [-0.25, -0.2) is 0 Å². The van der Waals surface area contributed by atoms with Crippen LogP contribution in [0, 0.1) is 5.92 Å². The molecular weight excluding hydrogens is 228 g/mol. The van der Waals surface area contributed by atoms with Crippen LogP contribution in [0.5, 0.6) is 0 Å². The lowest BCUT2D eigenvalue weighted by molar-refractivity contribution is -0.136. The first-order valence-electron chi connectivity index (χ1n) is 7.21. The highest BCUT2D eigenvalue weighted by atomic mass is 16.3. The average molecular weight is 256 g/mol. The minimum Gasteiger partial charge on any atom is -0.392 e. The fraction of sp³-hybridized carbons (Fsp3) is 0.929. The SMILES string of the molecule is CCC(CC)N(CC(C)C)C(=O)C1CC(O)CN1. The van der Waals surface area contributed by atoms with Crippen molar-refractivity contribution in [3.8, 4) is 0 Å². The van der Waals surface area contributed by atoms with Crippen LogP contribution in [0.15, 0.2) is 0 Å². The summed E-state index contributed by atoms with van der Waals surface area (Å²) in [5.74, 6) is 0.634. The summed E-state index contributed by atoms with van der Waals surface area (Å²) in [6.45, 7) is 9.88. The second kappa shape index (κ2) is 7.10. The molecule has 0 bridgehead atoms. The van der Waals surface area contributed by atoms with E-state index >= 15 is 0 Å². The fourth-order valence-electron chi connectivity index (χ4n) is 2.65. The lowest BCUT2D eigenvalue weighted by atomic mass is 10.0. The van der Waals surface area contributed by atoms with Crippen molar-refractivity contribution in [2.75, 3.05) is 13.1 Å². The third-order valence-electron chi connectivity index (χ3n) is 3.63. The van der Waals surface area contributed by atoms with E-state index in [1.807, 2.05) is 4.90 Å². The minimum absolute atomic E-state index is 0.161. The largest absolute Gasteiger partial charge is 0.392 e. The zero-order valence-electron chi connectivity index (χ0n) is 12.1. The number of carbonyl (C=O) groups is 1. The van der Waals surface area contributed by atoms with E-state index in [4.69, 9.17) is 0 Å². The third-order valence-corrected chi connectivity index (χ3v) is 3.63. The van der Waals surface area contributed by atoms with Gasteiger partial charge in [-0.05, 0) is 25.2 Å². The molecule has 2 N–H and O–H groups in total. The van der Waals surface area contributed by atoms with Crippen LogP contribution in [-0.2, 0) is 4.79 Å². The number of amides is 1. The van der Waals surface area contributed by atoms with Crippen LogP contribution in [0.25, 0.3) is 0 Å². The number of β-amino-alcohol motifs (C(OH)–C–C–N with tert-alkyl or cyclic N) is 1. The van der Waals surface area contributed by atoms with Crippen LogP contribution in [0.3, 0.4) is 0 Å². The molecule has 1 aliphatic rings. The van der Waals surface area contributed by atoms with E-state index in [1.165, 1.54) is 0 Å². The Labute approximate surface area is 111 Å². The summed E-state index contributed by atoms with van der Waals surface area (Å²) in [4.78, 5) is 14.6. The quantitative estimate of drug-likeness (QED) is 0.755. The van der Waals surface area contributed by atoms with Gasteiger partial charge in [-0.2, -0.15) is 0 Å². The average Bonchev–Trinajstić information content (AvgIpc) is 2.74. The molecule has 2 unspecified atom stereocenters. The van der Waals surface area contributed by atoms with E-state index in [0.29, 0.717) is 24.9 Å². The molecule has 4 nitrogen and oxygen atoms in total. The predicted molar refractivity (Wildman–Crippen MR) is 73.3 cm³/mol. The second-order valence-electron chi connectivity index (χ2n) is 5.71. The highest BCUT2D eigenvalue weighted by Crippen LogP contribution is 2.17. The van der Waals surface area contributed by atoms with Crippen molar-refractivity contribution in [2.24, 2.45) is 5.92 Å². The van der Waals surface area contributed by atoms with E-state index in [9.17, 15) is 9.90 Å². The minimum atomic E-state index is -0.374. The maximum Gasteiger partial charge on any atom is 0.240 e. The van der Waals surface area contributed by atoms with Gasteiger partial charge in [-0.15, -0.1) is 0 Å². The van der Waals surface area contributed by atoms with Gasteiger partial charge in [0.15, 0.2) is 0 Å². The second-order valence-corrected chi connectivity index (χ2v) is 5.71. The van der Waals surface area contributed by atoms with Crippen molar-refractivity contribution in [3.05, 3.63) is 0 Å². The molecule has 18 heavy (non-hydrogen) atoms. The summed E-state index contributed by atoms with van der Waals surface area (Å²) in [5, 5.41) is 12.7. The Kier molecular flexibility index (Phi) is 6.09. The van der Waals surface area contributed by atoms with Crippen LogP contribution in [-0.4, -0.2) is 47.2 Å². The van der Waals surface area contributed by atoms with Gasteiger partial charge in [0.25, 0.3) is 0 Å². The zero-order valence-corrected chi connectivity index (χ0v) is 12.1. The maximum absolute atomic E-state index is 12.5. The zero-order chi connectivity index (χ0) is 13.7. The summed E-state index contributed by atoms with van der Waals surface area (Å²) in [6.07, 6.45) is 2.16. The molecule has 0 aliphatic carbocycles. The van der Waals surface area contributed by atoms with Crippen LogP contribution < -0.4 is 5.32 Å². The first-order chi connectivity index (χ1) is 8.49. The Morgan fingerprint density at radius 1 is 1.39 bits per heavy atom. The first kappa shape index (κ1) is 15.4. The molecule has 1 rings (SSSR count). The Bertz CT molecular complexity index is 265. The normalized spacial score (nSPS) is 23.9. The van der Waals surface area contributed by atoms with Crippen molar-refractivity contribution in [1.82, 2.24) is 10.2 Å². The van der Waals surface area contributed by atoms with Crippen molar-refractivity contribution >= 4 is 5.91 Å². The Balaban J connectivity index is 2.71. The smallest absolute Gasteiger partial charge is 0.240 e. The topological polar surface area (TPSA) is 52.6 Å². The fourth-order valence-corrected chi connectivity index (χ4v) is 2.65. The number of hydrogen-bond donors (Lipinski definition) is 2. The molecule has 1 saturated heterocycles. The molecule has 0 radical (unpaired) electrons. The standard InChI is InChI=1S/C14H28N2O2/c1-5-11(6-2)16(9-10(3)4)14(18)13-7-12(17)8-15-13/h10-13,15,17H,5-9H2,1-4H3. The van der Waals surface area contributed by atoms with Gasteiger partial charge in [0.1, 0.15) is 0 Å². The Morgan fingerprint density at radius 3 is 2.39 bits per heavy atom.